The quantitative estimate of drug-likeness (QED) is 0.714. The first-order valence-electron chi connectivity index (χ1n) is 6.62. The third kappa shape index (κ3) is 4.58. The zero-order valence-corrected chi connectivity index (χ0v) is 11.2. The topological polar surface area (TPSA) is 95.7 Å². The SMILES string of the molecule is NC(=O)OCCOc1cccnc1OCC1CCCN1. The van der Waals surface area contributed by atoms with Gasteiger partial charge in [-0.3, -0.25) is 0 Å². The number of nitrogens with one attached hydrogen (secondary N) is 1. The molecular weight excluding hydrogens is 262 g/mol. The van der Waals surface area contributed by atoms with Crippen molar-refractivity contribution in [3.8, 4) is 11.6 Å². The van der Waals surface area contributed by atoms with E-state index in [4.69, 9.17) is 15.2 Å². The number of hydrogen-bond acceptors (Lipinski definition) is 6. The number of rotatable bonds is 7. The molecule has 0 bridgehead atoms. The number of ether oxygens (including phenoxy) is 3. The molecule has 1 amide bonds. The van der Waals surface area contributed by atoms with Gasteiger partial charge in [0, 0.05) is 12.2 Å². The molecule has 1 aliphatic heterocycles. The lowest BCUT2D eigenvalue weighted by Crippen LogP contribution is -2.28. The number of aromatic nitrogens is 1. The summed E-state index contributed by atoms with van der Waals surface area (Å²) in [7, 11) is 0. The molecule has 1 aromatic heterocycles. The summed E-state index contributed by atoms with van der Waals surface area (Å²) in [5, 5.41) is 3.35. The fourth-order valence-corrected chi connectivity index (χ4v) is 1.97. The van der Waals surface area contributed by atoms with Crippen molar-refractivity contribution in [1.29, 1.82) is 0 Å². The molecule has 2 heterocycles. The maximum Gasteiger partial charge on any atom is 0.404 e. The smallest absolute Gasteiger partial charge is 0.404 e. The molecule has 1 saturated heterocycles. The molecule has 20 heavy (non-hydrogen) atoms. The van der Waals surface area contributed by atoms with Crippen molar-refractivity contribution < 1.29 is 19.0 Å². The highest BCUT2D eigenvalue weighted by molar-refractivity contribution is 5.64. The Balaban J connectivity index is 1.80. The maximum absolute atomic E-state index is 10.4. The van der Waals surface area contributed by atoms with Crippen molar-refractivity contribution in [2.75, 3.05) is 26.4 Å². The molecule has 0 spiro atoms. The molecule has 1 fully saturated rings. The molecule has 110 valence electrons. The van der Waals surface area contributed by atoms with E-state index >= 15 is 0 Å². The van der Waals surface area contributed by atoms with E-state index < -0.39 is 6.09 Å². The van der Waals surface area contributed by atoms with E-state index in [0.29, 0.717) is 24.3 Å². The van der Waals surface area contributed by atoms with E-state index in [1.807, 2.05) is 0 Å². The van der Waals surface area contributed by atoms with Crippen LogP contribution in [-0.4, -0.2) is 43.5 Å². The lowest BCUT2D eigenvalue weighted by molar-refractivity contribution is 0.131. The third-order valence-corrected chi connectivity index (χ3v) is 2.91. The van der Waals surface area contributed by atoms with Crippen molar-refractivity contribution in [3.63, 3.8) is 0 Å². The van der Waals surface area contributed by atoms with E-state index in [-0.39, 0.29) is 13.2 Å². The molecule has 3 N–H and O–H groups in total. The zero-order valence-electron chi connectivity index (χ0n) is 11.2. The lowest BCUT2D eigenvalue weighted by Gasteiger charge is -2.14. The van der Waals surface area contributed by atoms with Gasteiger partial charge in [0.25, 0.3) is 5.88 Å². The molecule has 7 nitrogen and oxygen atoms in total. The van der Waals surface area contributed by atoms with Gasteiger partial charge in [0.2, 0.25) is 0 Å². The summed E-state index contributed by atoms with van der Waals surface area (Å²) in [4.78, 5) is 14.6. The van der Waals surface area contributed by atoms with Gasteiger partial charge in [0.1, 0.15) is 19.8 Å². The molecule has 1 unspecified atom stereocenters. The summed E-state index contributed by atoms with van der Waals surface area (Å²) in [6.07, 6.45) is 3.10. The van der Waals surface area contributed by atoms with Gasteiger partial charge in [-0.2, -0.15) is 0 Å². The Labute approximate surface area is 117 Å². The van der Waals surface area contributed by atoms with Crippen LogP contribution < -0.4 is 20.5 Å². The highest BCUT2D eigenvalue weighted by atomic mass is 16.6. The Morgan fingerprint density at radius 2 is 2.35 bits per heavy atom. The summed E-state index contributed by atoms with van der Waals surface area (Å²) >= 11 is 0. The van der Waals surface area contributed by atoms with Gasteiger partial charge in [-0.1, -0.05) is 0 Å². The monoisotopic (exact) mass is 281 g/mol. The number of primary amides is 1. The van der Waals surface area contributed by atoms with Gasteiger partial charge in [0.05, 0.1) is 0 Å². The van der Waals surface area contributed by atoms with Gasteiger partial charge in [-0.15, -0.1) is 0 Å². The fraction of sp³-hybridized carbons (Fsp3) is 0.538. The van der Waals surface area contributed by atoms with Crippen LogP contribution in [0.15, 0.2) is 18.3 Å². The van der Waals surface area contributed by atoms with Crippen LogP contribution in [0.4, 0.5) is 4.79 Å². The third-order valence-electron chi connectivity index (χ3n) is 2.91. The van der Waals surface area contributed by atoms with Crippen molar-refractivity contribution >= 4 is 6.09 Å². The minimum absolute atomic E-state index is 0.0911. The molecule has 1 atom stereocenters. The van der Waals surface area contributed by atoms with Crippen molar-refractivity contribution in [2.45, 2.75) is 18.9 Å². The maximum atomic E-state index is 10.4. The number of carbonyl (C=O) groups excluding carboxylic acids is 1. The summed E-state index contributed by atoms with van der Waals surface area (Å²) in [6.45, 7) is 1.88. The van der Waals surface area contributed by atoms with Crippen LogP contribution in [0.3, 0.4) is 0 Å². The molecule has 0 aliphatic carbocycles. The van der Waals surface area contributed by atoms with Crippen LogP contribution in [-0.2, 0) is 4.74 Å². The summed E-state index contributed by atoms with van der Waals surface area (Å²) in [5.41, 5.74) is 4.86. The van der Waals surface area contributed by atoms with Gasteiger partial charge >= 0.3 is 6.09 Å². The molecule has 0 aromatic carbocycles. The molecule has 2 rings (SSSR count). The Kier molecular flexibility index (Phi) is 5.43. The number of pyridine rings is 1. The van der Waals surface area contributed by atoms with Crippen LogP contribution in [0.5, 0.6) is 11.6 Å². The number of carbonyl (C=O) groups is 1. The van der Waals surface area contributed by atoms with Crippen LogP contribution in [0.1, 0.15) is 12.8 Å². The van der Waals surface area contributed by atoms with E-state index in [2.05, 4.69) is 15.0 Å². The van der Waals surface area contributed by atoms with Crippen molar-refractivity contribution in [2.24, 2.45) is 5.73 Å². The first-order chi connectivity index (χ1) is 9.75. The van der Waals surface area contributed by atoms with E-state index in [1.54, 1.807) is 18.3 Å². The average molecular weight is 281 g/mol. The Morgan fingerprint density at radius 3 is 3.10 bits per heavy atom. The summed E-state index contributed by atoms with van der Waals surface area (Å²) in [6, 6.07) is 3.88. The largest absolute Gasteiger partial charge is 0.484 e. The minimum Gasteiger partial charge on any atom is -0.484 e. The van der Waals surface area contributed by atoms with E-state index in [9.17, 15) is 4.79 Å². The second-order valence-electron chi connectivity index (χ2n) is 4.43. The molecule has 1 aliphatic rings. The van der Waals surface area contributed by atoms with Crippen molar-refractivity contribution in [3.05, 3.63) is 18.3 Å². The minimum atomic E-state index is -0.816. The molecular formula is C13H19N3O4. The summed E-state index contributed by atoms with van der Waals surface area (Å²) < 4.78 is 15.7. The van der Waals surface area contributed by atoms with Crippen LogP contribution in [0, 0.1) is 0 Å². The zero-order chi connectivity index (χ0) is 14.2. The standard InChI is InChI=1S/C13H19N3O4/c14-13(17)19-8-7-18-11-4-2-6-16-12(11)20-9-10-3-1-5-15-10/h2,4,6,10,15H,1,3,5,7-9H2,(H2,14,17). The van der Waals surface area contributed by atoms with Gasteiger partial charge in [0.15, 0.2) is 5.75 Å². The Hall–Kier alpha value is -2.02. The Bertz CT molecular complexity index is 435. The van der Waals surface area contributed by atoms with E-state index in [0.717, 1.165) is 13.0 Å². The van der Waals surface area contributed by atoms with Crippen LogP contribution in [0.2, 0.25) is 0 Å². The molecule has 7 heteroatoms. The number of amides is 1. The van der Waals surface area contributed by atoms with Gasteiger partial charge < -0.3 is 25.3 Å². The Morgan fingerprint density at radius 1 is 1.45 bits per heavy atom. The summed E-state index contributed by atoms with van der Waals surface area (Å²) in [5.74, 6) is 0.971. The predicted octanol–water partition coefficient (Wildman–Crippen LogP) is 0.686. The van der Waals surface area contributed by atoms with Crippen LogP contribution >= 0.6 is 0 Å². The second-order valence-corrected chi connectivity index (χ2v) is 4.43. The predicted molar refractivity (Wildman–Crippen MR) is 71.8 cm³/mol. The van der Waals surface area contributed by atoms with Gasteiger partial charge in [-0.25, -0.2) is 9.78 Å². The van der Waals surface area contributed by atoms with Crippen LogP contribution in [0.25, 0.3) is 0 Å². The number of nitrogens with zero attached hydrogens (tertiary/aromatic N) is 1. The van der Waals surface area contributed by atoms with Gasteiger partial charge in [-0.05, 0) is 31.5 Å². The average Bonchev–Trinajstić information content (AvgIpc) is 2.95. The first kappa shape index (κ1) is 14.4. The van der Waals surface area contributed by atoms with Crippen molar-refractivity contribution in [1.82, 2.24) is 10.3 Å². The second kappa shape index (κ2) is 7.54. The fourth-order valence-electron chi connectivity index (χ4n) is 1.97. The number of hydrogen-bond donors (Lipinski definition) is 2. The highest BCUT2D eigenvalue weighted by Crippen LogP contribution is 2.23. The molecule has 1 aromatic rings. The van der Waals surface area contributed by atoms with E-state index in [1.165, 1.54) is 6.42 Å². The molecule has 0 saturated carbocycles. The number of nitrogens with two attached hydrogens (primary N) is 1. The molecule has 0 radical (unpaired) electrons. The normalized spacial score (nSPS) is 17.7. The highest BCUT2D eigenvalue weighted by Gasteiger charge is 2.16. The lowest BCUT2D eigenvalue weighted by atomic mass is 10.2. The first-order valence-corrected chi connectivity index (χ1v) is 6.62.